The third kappa shape index (κ3) is 2.86. The Bertz CT molecular complexity index is 420. The topological polar surface area (TPSA) is 20.3 Å². The quantitative estimate of drug-likeness (QED) is 0.718. The highest BCUT2D eigenvalue weighted by Gasteiger charge is 2.09. The molecular formula is C12H17NOS. The maximum Gasteiger partial charge on any atom is 0.0755 e. The van der Waals surface area contributed by atoms with Crippen LogP contribution in [0.3, 0.4) is 0 Å². The fraction of sp³-hybridized carbons (Fsp3) is 0.250. The van der Waals surface area contributed by atoms with Gasteiger partial charge in [-0.3, -0.25) is 0 Å². The van der Waals surface area contributed by atoms with Gasteiger partial charge in [0.05, 0.1) is 9.71 Å². The fourth-order valence-corrected chi connectivity index (χ4v) is 2.35. The molecule has 0 spiro atoms. The minimum Gasteiger partial charge on any atom is -0.306 e. The number of allylic oxidation sites excluding steroid dienone is 1. The van der Waals surface area contributed by atoms with E-state index in [2.05, 4.69) is 5.87 Å². The van der Waals surface area contributed by atoms with Gasteiger partial charge in [0.25, 0.3) is 0 Å². The second-order valence-corrected chi connectivity index (χ2v) is 5.62. The summed E-state index contributed by atoms with van der Waals surface area (Å²) in [6, 6.07) is 9.33. The van der Waals surface area contributed by atoms with Gasteiger partial charge in [-0.25, -0.2) is 4.21 Å². The average molecular weight is 223 g/mol. The molecule has 1 rings (SSSR count). The van der Waals surface area contributed by atoms with E-state index in [9.17, 15) is 4.21 Å². The third-order valence-electron chi connectivity index (χ3n) is 2.13. The van der Waals surface area contributed by atoms with Crippen LogP contribution < -0.4 is 0 Å². The predicted octanol–water partition coefficient (Wildman–Crippen LogP) is 2.53. The highest BCUT2D eigenvalue weighted by Crippen LogP contribution is 2.13. The van der Waals surface area contributed by atoms with Crippen LogP contribution in [0.2, 0.25) is 0 Å². The summed E-state index contributed by atoms with van der Waals surface area (Å²) in [6.07, 6.45) is 4.71. The van der Waals surface area contributed by atoms with E-state index in [1.54, 1.807) is 11.4 Å². The van der Waals surface area contributed by atoms with Crippen LogP contribution in [0.4, 0.5) is 0 Å². The van der Waals surface area contributed by atoms with E-state index >= 15 is 0 Å². The van der Waals surface area contributed by atoms with E-state index in [0.29, 0.717) is 0 Å². The van der Waals surface area contributed by atoms with Gasteiger partial charge in [-0.2, -0.15) is 0 Å². The summed E-state index contributed by atoms with van der Waals surface area (Å²) in [5, 5.41) is 0. The van der Waals surface area contributed by atoms with Gasteiger partial charge in [0.1, 0.15) is 0 Å². The lowest BCUT2D eigenvalue weighted by atomic mass is 10.4. The maximum absolute atomic E-state index is 12.4. The van der Waals surface area contributed by atoms with Crippen molar-refractivity contribution in [3.8, 4) is 0 Å². The van der Waals surface area contributed by atoms with E-state index in [4.69, 9.17) is 0 Å². The zero-order valence-corrected chi connectivity index (χ0v) is 10.0. The molecule has 0 aliphatic heterocycles. The smallest absolute Gasteiger partial charge is 0.0755 e. The number of rotatable bonds is 4. The van der Waals surface area contributed by atoms with Crippen LogP contribution in [0, 0.1) is 0 Å². The van der Waals surface area contributed by atoms with Crippen LogP contribution in [0.25, 0.3) is 0 Å². The Morgan fingerprint density at radius 1 is 1.40 bits per heavy atom. The average Bonchev–Trinajstić information content (AvgIpc) is 2.27. The fourth-order valence-electron chi connectivity index (χ4n) is 1.15. The molecule has 0 saturated heterocycles. The molecule has 1 unspecified atom stereocenters. The van der Waals surface area contributed by atoms with Crippen molar-refractivity contribution in [3.05, 3.63) is 42.6 Å². The second kappa shape index (κ2) is 5.03. The SMILES string of the molecule is C=S(=O)(c1ccccc1)N(C)C=CCC. The normalized spacial score (nSPS) is 15.1. The van der Waals surface area contributed by atoms with Crippen molar-refractivity contribution in [1.29, 1.82) is 0 Å². The largest absolute Gasteiger partial charge is 0.306 e. The monoisotopic (exact) mass is 223 g/mol. The molecule has 0 heterocycles. The molecule has 15 heavy (non-hydrogen) atoms. The first kappa shape index (κ1) is 11.9. The molecule has 82 valence electrons. The van der Waals surface area contributed by atoms with Crippen LogP contribution in [-0.4, -0.2) is 21.4 Å². The number of hydrogen-bond acceptors (Lipinski definition) is 1. The lowest BCUT2D eigenvalue weighted by molar-refractivity contribution is 0.624. The Morgan fingerprint density at radius 2 is 2.00 bits per heavy atom. The molecular weight excluding hydrogens is 206 g/mol. The van der Waals surface area contributed by atoms with Gasteiger partial charge < -0.3 is 4.31 Å². The van der Waals surface area contributed by atoms with E-state index < -0.39 is 9.71 Å². The molecule has 0 N–H and O–H groups in total. The van der Waals surface area contributed by atoms with E-state index in [-0.39, 0.29) is 0 Å². The maximum atomic E-state index is 12.4. The van der Waals surface area contributed by atoms with Crippen LogP contribution in [0.1, 0.15) is 13.3 Å². The van der Waals surface area contributed by atoms with E-state index in [0.717, 1.165) is 11.3 Å². The van der Waals surface area contributed by atoms with Crippen LogP contribution in [0.15, 0.2) is 47.5 Å². The van der Waals surface area contributed by atoms with Crippen LogP contribution >= 0.6 is 0 Å². The molecule has 0 fully saturated rings. The van der Waals surface area contributed by atoms with Crippen molar-refractivity contribution < 1.29 is 4.21 Å². The molecule has 0 aliphatic carbocycles. The predicted molar refractivity (Wildman–Crippen MR) is 67.2 cm³/mol. The molecule has 2 nitrogen and oxygen atoms in total. The molecule has 0 amide bonds. The standard InChI is InChI=1S/C12H17NOS/c1-4-5-11-13(2)15(3,14)12-9-7-6-8-10-12/h5-11H,3-4H2,1-2H3. The van der Waals surface area contributed by atoms with Gasteiger partial charge in [0.15, 0.2) is 0 Å². The van der Waals surface area contributed by atoms with E-state index in [1.165, 1.54) is 0 Å². The highest BCUT2D eigenvalue weighted by atomic mass is 32.2. The van der Waals surface area contributed by atoms with Gasteiger partial charge in [0.2, 0.25) is 0 Å². The highest BCUT2D eigenvalue weighted by molar-refractivity contribution is 7.98. The Morgan fingerprint density at radius 3 is 2.53 bits per heavy atom. The molecule has 1 atom stereocenters. The Hall–Kier alpha value is -1.22. The first-order valence-electron chi connectivity index (χ1n) is 4.91. The van der Waals surface area contributed by atoms with Crippen molar-refractivity contribution in [2.45, 2.75) is 18.2 Å². The van der Waals surface area contributed by atoms with Gasteiger partial charge in [-0.15, -0.1) is 0 Å². The lowest BCUT2D eigenvalue weighted by Crippen LogP contribution is -2.21. The summed E-state index contributed by atoms with van der Waals surface area (Å²) in [5.74, 6) is 3.80. The summed E-state index contributed by atoms with van der Waals surface area (Å²) in [5.41, 5.74) is 0. The first-order valence-corrected chi connectivity index (χ1v) is 6.59. The lowest BCUT2D eigenvalue weighted by Gasteiger charge is -2.19. The van der Waals surface area contributed by atoms with Gasteiger partial charge in [0, 0.05) is 18.1 Å². The number of nitrogens with zero attached hydrogens (tertiary/aromatic N) is 1. The molecule has 0 radical (unpaired) electrons. The molecule has 1 aromatic carbocycles. The van der Waals surface area contributed by atoms with Gasteiger partial charge in [-0.1, -0.05) is 31.2 Å². The molecule has 1 aromatic rings. The molecule has 3 heteroatoms. The minimum absolute atomic E-state index is 0.758. The molecule has 0 aromatic heterocycles. The zero-order valence-electron chi connectivity index (χ0n) is 9.22. The van der Waals surface area contributed by atoms with Crippen LogP contribution in [0.5, 0.6) is 0 Å². The summed E-state index contributed by atoms with van der Waals surface area (Å²) < 4.78 is 14.0. The Labute approximate surface area is 92.4 Å². The first-order chi connectivity index (χ1) is 7.09. The molecule has 0 aliphatic rings. The second-order valence-electron chi connectivity index (χ2n) is 3.29. The van der Waals surface area contributed by atoms with Gasteiger partial charge >= 0.3 is 0 Å². The van der Waals surface area contributed by atoms with Crippen molar-refractivity contribution >= 4 is 15.6 Å². The van der Waals surface area contributed by atoms with Crippen molar-refractivity contribution in [1.82, 2.24) is 4.31 Å². The number of hydrogen-bond donors (Lipinski definition) is 0. The third-order valence-corrected chi connectivity index (χ3v) is 4.19. The molecule has 0 saturated carbocycles. The Kier molecular flexibility index (Phi) is 3.97. The summed E-state index contributed by atoms with van der Waals surface area (Å²) in [7, 11) is -0.578. The molecule has 0 bridgehead atoms. The van der Waals surface area contributed by atoms with Crippen molar-refractivity contribution in [2.75, 3.05) is 7.05 Å². The summed E-state index contributed by atoms with van der Waals surface area (Å²) in [4.78, 5) is 0.758. The Balaban J connectivity index is 2.99. The van der Waals surface area contributed by atoms with Crippen molar-refractivity contribution in [3.63, 3.8) is 0 Å². The van der Waals surface area contributed by atoms with Crippen molar-refractivity contribution in [2.24, 2.45) is 0 Å². The summed E-state index contributed by atoms with van der Waals surface area (Å²) >= 11 is 0. The van der Waals surface area contributed by atoms with Crippen LogP contribution in [-0.2, 0) is 9.71 Å². The zero-order chi connectivity index (χ0) is 11.3. The minimum atomic E-state index is -2.36. The summed E-state index contributed by atoms with van der Waals surface area (Å²) in [6.45, 7) is 2.04. The number of benzene rings is 1. The van der Waals surface area contributed by atoms with Gasteiger partial charge in [-0.05, 0) is 24.4 Å². The van der Waals surface area contributed by atoms with E-state index in [1.807, 2.05) is 49.5 Å².